The molecule has 1 aliphatic carbocycles. The maximum atomic E-state index is 4.67. The van der Waals surface area contributed by atoms with Crippen molar-refractivity contribution in [1.82, 2.24) is 19.6 Å². The number of nitrogens with zero attached hydrogens (tertiary/aromatic N) is 3. The fourth-order valence-electron chi connectivity index (χ4n) is 3.60. The van der Waals surface area contributed by atoms with E-state index in [0.29, 0.717) is 5.54 Å². The number of imidazole rings is 1. The van der Waals surface area contributed by atoms with Gasteiger partial charge in [-0.15, -0.1) is 11.3 Å². The zero-order valence-corrected chi connectivity index (χ0v) is 14.4. The lowest BCUT2D eigenvalue weighted by Crippen LogP contribution is -2.49. The lowest BCUT2D eigenvalue weighted by Gasteiger charge is -2.36. The third-order valence-electron chi connectivity index (χ3n) is 5.06. The Balaban J connectivity index is 1.72. The number of aryl methyl sites for hydroxylation is 2. The summed E-state index contributed by atoms with van der Waals surface area (Å²) in [5, 5.41) is 5.89. The molecule has 1 saturated carbocycles. The first-order chi connectivity index (χ1) is 10.0. The molecule has 5 heteroatoms. The van der Waals surface area contributed by atoms with Crippen LogP contribution in [0.4, 0.5) is 0 Å². The van der Waals surface area contributed by atoms with Gasteiger partial charge >= 0.3 is 0 Å². The van der Waals surface area contributed by atoms with Crippen LogP contribution in [0, 0.1) is 13.8 Å². The van der Waals surface area contributed by atoms with E-state index in [1.165, 1.54) is 37.1 Å². The van der Waals surface area contributed by atoms with Gasteiger partial charge in [-0.2, -0.15) is 0 Å². The van der Waals surface area contributed by atoms with Crippen molar-refractivity contribution in [2.24, 2.45) is 0 Å². The highest BCUT2D eigenvalue weighted by atomic mass is 32.1. The largest absolute Gasteiger partial charge is 0.309 e. The maximum absolute atomic E-state index is 4.67. The molecule has 1 fully saturated rings. The minimum Gasteiger partial charge on any atom is -0.309 e. The molecule has 116 valence electrons. The molecule has 4 nitrogen and oxygen atoms in total. The van der Waals surface area contributed by atoms with Crippen molar-refractivity contribution in [2.75, 3.05) is 20.6 Å². The first-order valence-electron chi connectivity index (χ1n) is 7.84. The minimum atomic E-state index is 0.349. The smallest absolute Gasteiger partial charge is 0.194 e. The van der Waals surface area contributed by atoms with Crippen molar-refractivity contribution in [3.8, 4) is 0 Å². The van der Waals surface area contributed by atoms with Crippen LogP contribution >= 0.6 is 11.3 Å². The normalized spacial score (nSPS) is 18.1. The van der Waals surface area contributed by atoms with Crippen molar-refractivity contribution in [3.05, 3.63) is 22.5 Å². The Bertz CT molecular complexity index is 620. The molecule has 0 radical (unpaired) electrons. The summed E-state index contributed by atoms with van der Waals surface area (Å²) in [5.41, 5.74) is 4.11. The Kier molecular flexibility index (Phi) is 4.08. The van der Waals surface area contributed by atoms with Gasteiger partial charge in [-0.1, -0.05) is 12.8 Å². The quantitative estimate of drug-likeness (QED) is 0.922. The summed E-state index contributed by atoms with van der Waals surface area (Å²) in [7, 11) is 4.44. The number of rotatable bonds is 5. The maximum Gasteiger partial charge on any atom is 0.194 e. The Morgan fingerprint density at radius 3 is 2.71 bits per heavy atom. The van der Waals surface area contributed by atoms with Crippen LogP contribution in [0.25, 0.3) is 4.96 Å². The van der Waals surface area contributed by atoms with E-state index in [2.05, 4.69) is 52.9 Å². The number of aromatic nitrogens is 2. The van der Waals surface area contributed by atoms with Gasteiger partial charge in [-0.25, -0.2) is 4.98 Å². The van der Waals surface area contributed by atoms with Gasteiger partial charge in [0.15, 0.2) is 4.96 Å². The number of hydrogen-bond donors (Lipinski definition) is 1. The molecule has 1 aliphatic rings. The highest BCUT2D eigenvalue weighted by molar-refractivity contribution is 7.15. The van der Waals surface area contributed by atoms with Crippen LogP contribution in [-0.2, 0) is 6.54 Å². The van der Waals surface area contributed by atoms with Crippen LogP contribution in [0.15, 0.2) is 5.38 Å². The Morgan fingerprint density at radius 2 is 2.05 bits per heavy atom. The van der Waals surface area contributed by atoms with Crippen LogP contribution in [0.2, 0.25) is 0 Å². The number of fused-ring (bicyclic) bond motifs is 1. The number of thiazole rings is 1. The van der Waals surface area contributed by atoms with Gasteiger partial charge in [0.05, 0.1) is 11.4 Å². The number of likely N-dealkylation sites (N-methyl/N-ethyl adjacent to an activating group) is 1. The standard InChI is InChI=1S/C16H26N4S/c1-12-10-21-15-18-13(2)14(20(12)15)9-17-11-16(19(3)4)7-5-6-8-16/h10,17H,5-9,11H2,1-4H3. The molecular weight excluding hydrogens is 280 g/mol. The summed E-state index contributed by atoms with van der Waals surface area (Å²) >= 11 is 1.73. The van der Waals surface area contributed by atoms with E-state index < -0.39 is 0 Å². The zero-order valence-electron chi connectivity index (χ0n) is 13.6. The molecule has 2 aromatic rings. The van der Waals surface area contributed by atoms with Gasteiger partial charge in [0.2, 0.25) is 0 Å². The molecule has 2 heterocycles. The predicted molar refractivity (Wildman–Crippen MR) is 89.1 cm³/mol. The molecule has 0 spiro atoms. The van der Waals surface area contributed by atoms with Crippen molar-refractivity contribution in [2.45, 2.75) is 51.6 Å². The third kappa shape index (κ3) is 2.62. The monoisotopic (exact) mass is 306 g/mol. The van der Waals surface area contributed by atoms with Gasteiger partial charge in [-0.3, -0.25) is 4.40 Å². The van der Waals surface area contributed by atoms with Crippen LogP contribution in [0.3, 0.4) is 0 Å². The molecule has 0 amide bonds. The van der Waals surface area contributed by atoms with Gasteiger partial charge in [0.25, 0.3) is 0 Å². The number of hydrogen-bond acceptors (Lipinski definition) is 4. The van der Waals surface area contributed by atoms with E-state index in [9.17, 15) is 0 Å². The second kappa shape index (κ2) is 5.71. The van der Waals surface area contributed by atoms with E-state index >= 15 is 0 Å². The van der Waals surface area contributed by atoms with Crippen molar-refractivity contribution in [3.63, 3.8) is 0 Å². The average Bonchev–Trinajstić information content (AvgIpc) is 3.11. The summed E-state index contributed by atoms with van der Waals surface area (Å²) in [5.74, 6) is 0. The summed E-state index contributed by atoms with van der Waals surface area (Å²) < 4.78 is 2.30. The molecule has 0 saturated heterocycles. The first-order valence-corrected chi connectivity index (χ1v) is 8.72. The summed E-state index contributed by atoms with van der Waals surface area (Å²) in [4.78, 5) is 8.20. The topological polar surface area (TPSA) is 32.6 Å². The fourth-order valence-corrected chi connectivity index (χ4v) is 4.54. The summed E-state index contributed by atoms with van der Waals surface area (Å²) in [6.07, 6.45) is 5.34. The van der Waals surface area contributed by atoms with E-state index in [4.69, 9.17) is 0 Å². The van der Waals surface area contributed by atoms with Crippen LogP contribution in [-0.4, -0.2) is 40.5 Å². The molecule has 3 rings (SSSR count). The molecule has 0 unspecified atom stereocenters. The van der Waals surface area contributed by atoms with Gasteiger partial charge in [0, 0.05) is 29.7 Å². The van der Waals surface area contributed by atoms with Crippen molar-refractivity contribution >= 4 is 16.3 Å². The molecular formula is C16H26N4S. The Hall–Kier alpha value is -0.910. The summed E-state index contributed by atoms with van der Waals surface area (Å²) in [6, 6.07) is 0. The van der Waals surface area contributed by atoms with Gasteiger partial charge in [-0.05, 0) is 40.8 Å². The third-order valence-corrected chi connectivity index (χ3v) is 6.00. The van der Waals surface area contributed by atoms with E-state index in [1.54, 1.807) is 11.3 Å². The first kappa shape index (κ1) is 15.0. The SMILES string of the molecule is Cc1nc2scc(C)n2c1CNCC1(N(C)C)CCCC1. The Labute approximate surface area is 131 Å². The molecule has 1 N–H and O–H groups in total. The molecule has 2 aromatic heterocycles. The zero-order chi connectivity index (χ0) is 15.0. The minimum absolute atomic E-state index is 0.349. The van der Waals surface area contributed by atoms with Crippen molar-refractivity contribution < 1.29 is 0 Å². The van der Waals surface area contributed by atoms with Crippen molar-refractivity contribution in [1.29, 1.82) is 0 Å². The second-order valence-corrected chi connectivity index (χ2v) is 7.40. The van der Waals surface area contributed by atoms with E-state index in [-0.39, 0.29) is 0 Å². The van der Waals surface area contributed by atoms with E-state index in [1.807, 2.05) is 0 Å². The lowest BCUT2D eigenvalue weighted by atomic mass is 9.96. The van der Waals surface area contributed by atoms with E-state index in [0.717, 1.165) is 23.7 Å². The fraction of sp³-hybridized carbons (Fsp3) is 0.688. The van der Waals surface area contributed by atoms with Crippen LogP contribution in [0.5, 0.6) is 0 Å². The molecule has 0 aromatic carbocycles. The average molecular weight is 306 g/mol. The predicted octanol–water partition coefficient (Wildman–Crippen LogP) is 2.98. The highest BCUT2D eigenvalue weighted by Gasteiger charge is 2.35. The molecule has 0 aliphatic heterocycles. The number of nitrogens with one attached hydrogen (secondary N) is 1. The Morgan fingerprint density at radius 1 is 1.33 bits per heavy atom. The van der Waals surface area contributed by atoms with Crippen LogP contribution in [0.1, 0.15) is 42.8 Å². The highest BCUT2D eigenvalue weighted by Crippen LogP contribution is 2.33. The lowest BCUT2D eigenvalue weighted by molar-refractivity contribution is 0.153. The molecule has 0 bridgehead atoms. The van der Waals surface area contributed by atoms with Gasteiger partial charge in [0.1, 0.15) is 0 Å². The molecule has 0 atom stereocenters. The second-order valence-electron chi connectivity index (χ2n) is 6.57. The van der Waals surface area contributed by atoms with Gasteiger partial charge < -0.3 is 10.2 Å². The van der Waals surface area contributed by atoms with Crippen LogP contribution < -0.4 is 5.32 Å². The molecule has 21 heavy (non-hydrogen) atoms. The summed E-state index contributed by atoms with van der Waals surface area (Å²) in [6.45, 7) is 6.25.